The standard InChI is InChI=1S/C59H39N/c1-4-16-40(17-5-1)43-28-33-46(34-29-43)60(47-35-30-44(31-36-47)41-18-6-2-7-19-41)57-39-56-58(51-25-11-10-24-50(51)57)52-37-32-45(42-20-8-3-9-21-42)38-55(52)59(56)53-26-14-12-22-48(53)49-23-13-15-27-54(49)59/h1-39H. The van der Waals surface area contributed by atoms with Crippen molar-refractivity contribution in [2.45, 2.75) is 5.41 Å². The molecule has 1 spiro atoms. The average molecular weight is 762 g/mol. The van der Waals surface area contributed by atoms with Crippen LogP contribution in [0.1, 0.15) is 22.3 Å². The van der Waals surface area contributed by atoms with Gasteiger partial charge >= 0.3 is 0 Å². The van der Waals surface area contributed by atoms with Gasteiger partial charge in [-0.05, 0) is 120 Å². The number of benzene rings is 10. The highest BCUT2D eigenvalue weighted by atomic mass is 15.1. The van der Waals surface area contributed by atoms with Crippen LogP contribution < -0.4 is 4.90 Å². The molecule has 0 radical (unpaired) electrons. The van der Waals surface area contributed by atoms with Gasteiger partial charge in [0.15, 0.2) is 0 Å². The van der Waals surface area contributed by atoms with Gasteiger partial charge in [-0.25, -0.2) is 0 Å². The van der Waals surface area contributed by atoms with E-state index in [0.29, 0.717) is 0 Å². The Bertz CT molecular complexity index is 3090. The lowest BCUT2D eigenvalue weighted by molar-refractivity contribution is 0.794. The molecule has 0 heterocycles. The first-order valence-electron chi connectivity index (χ1n) is 20.8. The molecule has 0 saturated carbocycles. The van der Waals surface area contributed by atoms with Crippen molar-refractivity contribution in [3.05, 3.63) is 259 Å². The normalized spacial score (nSPS) is 12.8. The molecule has 0 fully saturated rings. The lowest BCUT2D eigenvalue weighted by Gasteiger charge is -2.33. The summed E-state index contributed by atoms with van der Waals surface area (Å²) in [4.78, 5) is 2.48. The third kappa shape index (κ3) is 5.13. The molecule has 10 aromatic rings. The highest BCUT2D eigenvalue weighted by molar-refractivity contribution is 6.12. The van der Waals surface area contributed by atoms with Crippen LogP contribution in [0.3, 0.4) is 0 Å². The molecular formula is C59H39N. The van der Waals surface area contributed by atoms with Crippen LogP contribution >= 0.6 is 0 Å². The van der Waals surface area contributed by atoms with Gasteiger partial charge < -0.3 is 4.90 Å². The minimum atomic E-state index is -0.526. The Balaban J connectivity index is 1.15. The van der Waals surface area contributed by atoms with Crippen molar-refractivity contribution in [3.8, 4) is 55.6 Å². The first-order chi connectivity index (χ1) is 29.8. The van der Waals surface area contributed by atoms with E-state index in [0.717, 1.165) is 17.1 Å². The maximum atomic E-state index is 2.54. The van der Waals surface area contributed by atoms with Crippen LogP contribution in [0, 0.1) is 0 Å². The van der Waals surface area contributed by atoms with Gasteiger partial charge in [-0.3, -0.25) is 0 Å². The molecule has 0 aliphatic heterocycles. The molecule has 2 aliphatic rings. The summed E-state index contributed by atoms with van der Waals surface area (Å²) < 4.78 is 0. The molecule has 280 valence electrons. The Kier molecular flexibility index (Phi) is 7.83. The Morgan fingerprint density at radius 2 is 0.683 bits per heavy atom. The molecular weight excluding hydrogens is 723 g/mol. The van der Waals surface area contributed by atoms with Crippen molar-refractivity contribution < 1.29 is 0 Å². The maximum absolute atomic E-state index is 2.54. The molecule has 2 aliphatic carbocycles. The van der Waals surface area contributed by atoms with E-state index < -0.39 is 5.41 Å². The summed E-state index contributed by atoms with van der Waals surface area (Å²) in [5, 5.41) is 2.47. The van der Waals surface area contributed by atoms with Gasteiger partial charge in [-0.2, -0.15) is 0 Å². The molecule has 0 saturated heterocycles. The van der Waals surface area contributed by atoms with Crippen LogP contribution in [0.25, 0.3) is 66.4 Å². The summed E-state index contributed by atoms with van der Waals surface area (Å²) in [5.41, 5.74) is 20.6. The summed E-state index contributed by atoms with van der Waals surface area (Å²) in [6, 6.07) is 87.3. The van der Waals surface area contributed by atoms with Gasteiger partial charge in [0, 0.05) is 16.8 Å². The SMILES string of the molecule is c1ccc(-c2ccc(N(c3ccc(-c4ccccc4)cc3)c3cc4c(c5ccccc35)-c3ccc(-c5ccccc5)cc3C43c4ccccc4-c4ccccc43)cc2)cc1. The van der Waals surface area contributed by atoms with Gasteiger partial charge in [-0.15, -0.1) is 0 Å². The quantitative estimate of drug-likeness (QED) is 0.163. The predicted molar refractivity (Wildman–Crippen MR) is 251 cm³/mol. The second kappa shape index (κ2) is 13.7. The van der Waals surface area contributed by atoms with Crippen LogP contribution in [0.4, 0.5) is 17.1 Å². The average Bonchev–Trinajstić information content (AvgIpc) is 3.80. The van der Waals surface area contributed by atoms with Gasteiger partial charge in [0.25, 0.3) is 0 Å². The number of rotatable bonds is 6. The molecule has 0 aromatic heterocycles. The molecule has 0 bridgehead atoms. The first kappa shape index (κ1) is 34.3. The molecule has 0 atom stereocenters. The number of anilines is 3. The lowest BCUT2D eigenvalue weighted by Crippen LogP contribution is -2.26. The molecule has 0 N–H and O–H groups in total. The number of hydrogen-bond donors (Lipinski definition) is 0. The zero-order valence-corrected chi connectivity index (χ0v) is 33.0. The van der Waals surface area contributed by atoms with E-state index >= 15 is 0 Å². The number of fused-ring (bicyclic) bond motifs is 12. The van der Waals surface area contributed by atoms with Gasteiger partial charge in [0.1, 0.15) is 0 Å². The Labute approximate surface area is 351 Å². The molecule has 0 amide bonds. The fourth-order valence-corrected chi connectivity index (χ4v) is 10.3. The van der Waals surface area contributed by atoms with Crippen molar-refractivity contribution in [2.75, 3.05) is 4.90 Å². The van der Waals surface area contributed by atoms with Crippen LogP contribution in [-0.2, 0) is 5.41 Å². The monoisotopic (exact) mass is 761 g/mol. The van der Waals surface area contributed by atoms with Crippen molar-refractivity contribution >= 4 is 27.8 Å². The Morgan fingerprint density at radius 1 is 0.267 bits per heavy atom. The van der Waals surface area contributed by atoms with Crippen LogP contribution in [0.15, 0.2) is 237 Å². The number of hydrogen-bond acceptors (Lipinski definition) is 1. The van der Waals surface area contributed by atoms with E-state index in [2.05, 4.69) is 241 Å². The summed E-state index contributed by atoms with van der Waals surface area (Å²) in [6.07, 6.45) is 0. The third-order valence-corrected chi connectivity index (χ3v) is 12.9. The van der Waals surface area contributed by atoms with E-state index in [4.69, 9.17) is 0 Å². The van der Waals surface area contributed by atoms with Crippen molar-refractivity contribution in [3.63, 3.8) is 0 Å². The van der Waals surface area contributed by atoms with Gasteiger partial charge in [0.2, 0.25) is 0 Å². The van der Waals surface area contributed by atoms with Crippen LogP contribution in [0.5, 0.6) is 0 Å². The summed E-state index contributed by atoms with van der Waals surface area (Å²) in [7, 11) is 0. The van der Waals surface area contributed by atoms with Gasteiger partial charge in [0.05, 0.1) is 11.1 Å². The fourth-order valence-electron chi connectivity index (χ4n) is 10.3. The first-order valence-corrected chi connectivity index (χ1v) is 20.8. The molecule has 10 aromatic carbocycles. The minimum Gasteiger partial charge on any atom is -0.310 e. The van der Waals surface area contributed by atoms with E-state index in [1.807, 2.05) is 0 Å². The molecule has 1 heteroatoms. The topological polar surface area (TPSA) is 3.24 Å². The van der Waals surface area contributed by atoms with E-state index in [9.17, 15) is 0 Å². The Hall–Kier alpha value is -7.74. The van der Waals surface area contributed by atoms with Crippen molar-refractivity contribution in [1.82, 2.24) is 0 Å². The fraction of sp³-hybridized carbons (Fsp3) is 0.0169. The van der Waals surface area contributed by atoms with Crippen molar-refractivity contribution in [2.24, 2.45) is 0 Å². The number of nitrogens with zero attached hydrogens (tertiary/aromatic N) is 1. The highest BCUT2D eigenvalue weighted by Gasteiger charge is 2.52. The van der Waals surface area contributed by atoms with Crippen LogP contribution in [0.2, 0.25) is 0 Å². The second-order valence-corrected chi connectivity index (χ2v) is 16.0. The predicted octanol–water partition coefficient (Wildman–Crippen LogP) is 15.7. The summed E-state index contributed by atoms with van der Waals surface area (Å²) in [5.74, 6) is 0. The zero-order valence-electron chi connectivity index (χ0n) is 33.0. The maximum Gasteiger partial charge on any atom is 0.0726 e. The highest BCUT2D eigenvalue weighted by Crippen LogP contribution is 2.65. The zero-order chi connectivity index (χ0) is 39.6. The second-order valence-electron chi connectivity index (χ2n) is 16.0. The Morgan fingerprint density at radius 3 is 1.22 bits per heavy atom. The van der Waals surface area contributed by atoms with E-state index in [1.54, 1.807) is 0 Å². The summed E-state index contributed by atoms with van der Waals surface area (Å²) >= 11 is 0. The van der Waals surface area contributed by atoms with Crippen molar-refractivity contribution in [1.29, 1.82) is 0 Å². The van der Waals surface area contributed by atoms with Gasteiger partial charge in [-0.1, -0.05) is 200 Å². The summed E-state index contributed by atoms with van der Waals surface area (Å²) in [6.45, 7) is 0. The lowest BCUT2D eigenvalue weighted by atomic mass is 9.70. The van der Waals surface area contributed by atoms with Crippen LogP contribution in [-0.4, -0.2) is 0 Å². The largest absolute Gasteiger partial charge is 0.310 e. The van der Waals surface area contributed by atoms with E-state index in [1.165, 1.54) is 88.7 Å². The molecule has 0 unspecified atom stereocenters. The minimum absolute atomic E-state index is 0.526. The third-order valence-electron chi connectivity index (χ3n) is 12.9. The molecule has 1 nitrogen and oxygen atoms in total. The molecule has 12 rings (SSSR count). The van der Waals surface area contributed by atoms with E-state index in [-0.39, 0.29) is 0 Å². The smallest absolute Gasteiger partial charge is 0.0726 e. The molecule has 60 heavy (non-hydrogen) atoms.